The number of methoxy groups -OCH3 is 1. The summed E-state index contributed by atoms with van der Waals surface area (Å²) >= 11 is 12.1. The third-order valence-electron chi connectivity index (χ3n) is 5.75. The molecule has 0 saturated heterocycles. The van der Waals surface area contributed by atoms with Gasteiger partial charge >= 0.3 is 5.97 Å². The van der Waals surface area contributed by atoms with Crippen molar-refractivity contribution < 1.29 is 14.3 Å². The van der Waals surface area contributed by atoms with E-state index in [1.54, 1.807) is 54.1 Å². The van der Waals surface area contributed by atoms with Gasteiger partial charge in [0.15, 0.2) is 0 Å². The lowest BCUT2D eigenvalue weighted by Gasteiger charge is -2.28. The highest BCUT2D eigenvalue weighted by molar-refractivity contribution is 6.42. The summed E-state index contributed by atoms with van der Waals surface area (Å²) in [6.07, 6.45) is 0.283. The second-order valence-electron chi connectivity index (χ2n) is 8.48. The summed E-state index contributed by atoms with van der Waals surface area (Å²) in [5, 5.41) is 8.27. The molecule has 0 spiro atoms. The zero-order valence-corrected chi connectivity index (χ0v) is 21.2. The lowest BCUT2D eigenvalue weighted by Crippen LogP contribution is -2.54. The molecule has 1 unspecified atom stereocenters. The molecule has 1 aromatic heterocycles. The maximum atomic E-state index is 13.0. The number of carbonyl (C=O) groups excluding carboxylic acids is 2. The van der Waals surface area contributed by atoms with Crippen molar-refractivity contribution in [2.75, 3.05) is 12.8 Å². The second kappa shape index (κ2) is 10.4. The topological polar surface area (TPSA) is 99.2 Å². The fourth-order valence-electron chi connectivity index (χ4n) is 3.87. The van der Waals surface area contributed by atoms with Gasteiger partial charge in [-0.3, -0.25) is 4.79 Å². The van der Waals surface area contributed by atoms with Crippen LogP contribution in [0.25, 0.3) is 16.9 Å². The first-order valence-corrected chi connectivity index (χ1v) is 11.8. The van der Waals surface area contributed by atoms with Gasteiger partial charge in [0.05, 0.1) is 28.5 Å². The highest BCUT2D eigenvalue weighted by atomic mass is 35.5. The van der Waals surface area contributed by atoms with Gasteiger partial charge in [-0.25, -0.2) is 9.48 Å². The number of anilines is 1. The Kier molecular flexibility index (Phi) is 7.33. The minimum absolute atomic E-state index is 0.283. The van der Waals surface area contributed by atoms with E-state index in [2.05, 4.69) is 10.4 Å². The molecule has 9 heteroatoms. The average Bonchev–Trinajstić information content (AvgIpc) is 3.27. The largest absolute Gasteiger partial charge is 0.467 e. The molecule has 1 heterocycles. The summed E-state index contributed by atoms with van der Waals surface area (Å²) in [5.74, 6) is -0.528. The fraction of sp³-hybridized carbons (Fsp3) is 0.148. The molecule has 7 nitrogen and oxygen atoms in total. The molecule has 0 bridgehead atoms. The molecule has 0 saturated carbocycles. The summed E-state index contributed by atoms with van der Waals surface area (Å²) in [6.45, 7) is 1.65. The van der Waals surface area contributed by atoms with Crippen molar-refractivity contribution in [1.82, 2.24) is 15.1 Å². The van der Waals surface area contributed by atoms with Crippen LogP contribution < -0.4 is 11.1 Å². The molecule has 3 aromatic carbocycles. The fourth-order valence-corrected chi connectivity index (χ4v) is 4.17. The summed E-state index contributed by atoms with van der Waals surface area (Å²) in [5.41, 5.74) is 8.28. The van der Waals surface area contributed by atoms with Gasteiger partial charge in [-0.05, 0) is 48.9 Å². The Morgan fingerprint density at radius 1 is 1.00 bits per heavy atom. The maximum absolute atomic E-state index is 13.0. The van der Waals surface area contributed by atoms with Crippen molar-refractivity contribution in [2.45, 2.75) is 18.9 Å². The van der Waals surface area contributed by atoms with Crippen molar-refractivity contribution in [3.8, 4) is 16.9 Å². The predicted molar refractivity (Wildman–Crippen MR) is 141 cm³/mol. The number of aromatic nitrogens is 2. The first kappa shape index (κ1) is 25.3. The van der Waals surface area contributed by atoms with E-state index < -0.39 is 17.4 Å². The Labute approximate surface area is 218 Å². The summed E-state index contributed by atoms with van der Waals surface area (Å²) in [6, 6.07) is 23.1. The van der Waals surface area contributed by atoms with Crippen molar-refractivity contribution in [2.24, 2.45) is 0 Å². The van der Waals surface area contributed by atoms with E-state index in [0.717, 1.165) is 11.1 Å². The van der Waals surface area contributed by atoms with Crippen LogP contribution in [-0.4, -0.2) is 34.3 Å². The number of nitrogen functional groups attached to an aromatic ring is 1. The van der Waals surface area contributed by atoms with Crippen LogP contribution in [0.5, 0.6) is 0 Å². The number of nitrogens with two attached hydrogens (primary N) is 1. The number of halogens is 2. The van der Waals surface area contributed by atoms with Gasteiger partial charge in [0, 0.05) is 23.6 Å². The Bertz CT molecular complexity index is 1400. The van der Waals surface area contributed by atoms with E-state index >= 15 is 0 Å². The number of nitrogens with zero attached hydrogens (tertiary/aromatic N) is 2. The van der Waals surface area contributed by atoms with Crippen LogP contribution in [0.3, 0.4) is 0 Å². The smallest absolute Gasteiger partial charge is 0.331 e. The number of esters is 1. The van der Waals surface area contributed by atoms with Crippen molar-refractivity contribution >= 4 is 40.9 Å². The second-order valence-corrected chi connectivity index (χ2v) is 9.30. The van der Waals surface area contributed by atoms with Gasteiger partial charge in [-0.2, -0.15) is 5.10 Å². The van der Waals surface area contributed by atoms with Gasteiger partial charge in [0.2, 0.25) is 0 Å². The highest BCUT2D eigenvalue weighted by Gasteiger charge is 2.36. The van der Waals surface area contributed by atoms with Crippen LogP contribution in [0.4, 0.5) is 5.82 Å². The molecule has 1 amide bonds. The summed E-state index contributed by atoms with van der Waals surface area (Å²) in [4.78, 5) is 25.6. The Hall–Kier alpha value is -3.81. The van der Waals surface area contributed by atoms with Crippen LogP contribution in [0.1, 0.15) is 22.8 Å². The van der Waals surface area contributed by atoms with E-state index in [0.29, 0.717) is 32.8 Å². The molecule has 3 N–H and O–H groups in total. The Morgan fingerprint density at radius 2 is 1.69 bits per heavy atom. The van der Waals surface area contributed by atoms with E-state index in [1.807, 2.05) is 36.4 Å². The average molecular weight is 523 g/mol. The van der Waals surface area contributed by atoms with Crippen LogP contribution in [0, 0.1) is 0 Å². The minimum Gasteiger partial charge on any atom is -0.467 e. The van der Waals surface area contributed by atoms with Crippen molar-refractivity contribution in [1.29, 1.82) is 0 Å². The monoisotopic (exact) mass is 522 g/mol. The number of ether oxygens (including phenoxy) is 1. The Balaban J connectivity index is 1.54. The van der Waals surface area contributed by atoms with Gasteiger partial charge in [0.25, 0.3) is 5.91 Å². The number of hydrogen-bond acceptors (Lipinski definition) is 5. The molecular formula is C27H24Cl2N4O3. The molecule has 4 rings (SSSR count). The normalized spacial score (nSPS) is 12.6. The van der Waals surface area contributed by atoms with Gasteiger partial charge in [-0.1, -0.05) is 59.6 Å². The number of nitrogens with one attached hydrogen (secondary N) is 1. The number of rotatable bonds is 7. The van der Waals surface area contributed by atoms with Crippen molar-refractivity contribution in [3.63, 3.8) is 0 Å². The number of amides is 1. The van der Waals surface area contributed by atoms with Gasteiger partial charge < -0.3 is 15.8 Å². The lowest BCUT2D eigenvalue weighted by molar-refractivity contribution is -0.147. The molecule has 36 heavy (non-hydrogen) atoms. The van der Waals surface area contributed by atoms with E-state index in [-0.39, 0.29) is 6.42 Å². The van der Waals surface area contributed by atoms with E-state index in [4.69, 9.17) is 33.7 Å². The zero-order valence-electron chi connectivity index (χ0n) is 19.7. The van der Waals surface area contributed by atoms with Crippen LogP contribution in [0.15, 0.2) is 78.9 Å². The molecule has 0 aliphatic heterocycles. The Morgan fingerprint density at radius 3 is 2.33 bits per heavy atom. The quantitative estimate of drug-likeness (QED) is 0.319. The number of carbonyl (C=O) groups is 2. The van der Waals surface area contributed by atoms with E-state index in [1.165, 1.54) is 7.11 Å². The SMILES string of the molecule is COC(=O)C(C)(Cc1ccccc1)NC(=O)c1ccc(-n2nc(-c3ccc(Cl)c(Cl)c3)cc2N)cc1. The van der Waals surface area contributed by atoms with Gasteiger partial charge in [0.1, 0.15) is 11.4 Å². The maximum Gasteiger partial charge on any atom is 0.331 e. The molecule has 0 aliphatic rings. The standard InChI is InChI=1S/C27H24Cl2N4O3/c1-27(26(35)36-2,16-17-6-4-3-5-7-17)31-25(34)18-8-11-20(12-9-18)33-24(30)15-23(32-33)19-10-13-21(28)22(29)14-19/h3-15H,16,30H2,1-2H3,(H,31,34). The molecular weight excluding hydrogens is 499 g/mol. The third-order valence-corrected chi connectivity index (χ3v) is 6.49. The zero-order chi connectivity index (χ0) is 25.9. The van der Waals surface area contributed by atoms with Gasteiger partial charge in [-0.15, -0.1) is 0 Å². The van der Waals surface area contributed by atoms with E-state index in [9.17, 15) is 9.59 Å². The summed E-state index contributed by atoms with van der Waals surface area (Å²) in [7, 11) is 1.30. The molecule has 0 radical (unpaired) electrons. The number of hydrogen-bond donors (Lipinski definition) is 2. The van der Waals surface area contributed by atoms with Crippen LogP contribution >= 0.6 is 23.2 Å². The van der Waals surface area contributed by atoms with Crippen molar-refractivity contribution in [3.05, 3.63) is 100 Å². The number of benzene rings is 3. The molecule has 4 aromatic rings. The highest BCUT2D eigenvalue weighted by Crippen LogP contribution is 2.29. The first-order valence-electron chi connectivity index (χ1n) is 11.1. The molecule has 0 aliphatic carbocycles. The first-order chi connectivity index (χ1) is 17.2. The predicted octanol–water partition coefficient (Wildman–Crippen LogP) is 5.33. The van der Waals surface area contributed by atoms with Crippen LogP contribution in [-0.2, 0) is 16.0 Å². The lowest BCUT2D eigenvalue weighted by atomic mass is 9.92. The molecule has 1 atom stereocenters. The molecule has 184 valence electrons. The minimum atomic E-state index is -1.24. The van der Waals surface area contributed by atoms with Crippen LogP contribution in [0.2, 0.25) is 10.0 Å². The summed E-state index contributed by atoms with van der Waals surface area (Å²) < 4.78 is 6.54. The third kappa shape index (κ3) is 5.37. The molecule has 0 fully saturated rings.